The van der Waals surface area contributed by atoms with E-state index in [1.807, 2.05) is 0 Å². The zero-order valence-electron chi connectivity index (χ0n) is 11.9. The van der Waals surface area contributed by atoms with E-state index in [9.17, 15) is 14.7 Å². The largest absolute Gasteiger partial charge is 0.396 e. The molecule has 0 aromatic heterocycles. The quantitative estimate of drug-likeness (QED) is 0.782. The second kappa shape index (κ2) is 7.31. The zero-order chi connectivity index (χ0) is 14.4. The standard InChI is InChI=1S/C14H24N2O3S/c17-11-14(5-2-1-3-6-14)10-15-12(18)4-7-16-8-9-20-13(16)19/h17H,1-11H2,(H,15,18). The van der Waals surface area contributed by atoms with Crippen LogP contribution in [-0.4, -0.2) is 53.1 Å². The van der Waals surface area contributed by atoms with Gasteiger partial charge < -0.3 is 15.3 Å². The van der Waals surface area contributed by atoms with Gasteiger partial charge in [-0.05, 0) is 12.8 Å². The van der Waals surface area contributed by atoms with Crippen LogP contribution in [0.5, 0.6) is 0 Å². The fourth-order valence-corrected chi connectivity index (χ4v) is 3.78. The predicted octanol–water partition coefficient (Wildman–Crippen LogP) is 1.60. The Bertz CT molecular complexity index is 356. The normalized spacial score (nSPS) is 22.1. The zero-order valence-corrected chi connectivity index (χ0v) is 12.7. The molecular formula is C14H24N2O3S. The summed E-state index contributed by atoms with van der Waals surface area (Å²) in [5.74, 6) is 0.807. The highest BCUT2D eigenvalue weighted by Crippen LogP contribution is 2.35. The summed E-state index contributed by atoms with van der Waals surface area (Å²) in [6.07, 6.45) is 5.83. The van der Waals surface area contributed by atoms with Gasteiger partial charge in [-0.2, -0.15) is 0 Å². The van der Waals surface area contributed by atoms with Crippen LogP contribution in [0.15, 0.2) is 0 Å². The number of hydrogen-bond acceptors (Lipinski definition) is 4. The predicted molar refractivity (Wildman–Crippen MR) is 79.7 cm³/mol. The number of aliphatic hydroxyl groups excluding tert-OH is 1. The third kappa shape index (κ3) is 4.12. The molecule has 2 N–H and O–H groups in total. The summed E-state index contributed by atoms with van der Waals surface area (Å²) < 4.78 is 0. The number of thioether (sulfide) groups is 1. The molecule has 5 nitrogen and oxygen atoms in total. The van der Waals surface area contributed by atoms with E-state index in [-0.39, 0.29) is 23.2 Å². The Balaban J connectivity index is 1.69. The van der Waals surface area contributed by atoms with Gasteiger partial charge in [-0.1, -0.05) is 31.0 Å². The summed E-state index contributed by atoms with van der Waals surface area (Å²) in [6, 6.07) is 0. The van der Waals surface area contributed by atoms with Crippen molar-refractivity contribution in [2.75, 3.05) is 32.0 Å². The molecule has 0 aromatic rings. The first kappa shape index (κ1) is 15.6. The minimum absolute atomic E-state index is 0.0203. The molecule has 0 unspecified atom stereocenters. The lowest BCUT2D eigenvalue weighted by molar-refractivity contribution is -0.122. The minimum atomic E-state index is -0.118. The van der Waals surface area contributed by atoms with Gasteiger partial charge in [0.2, 0.25) is 5.91 Å². The van der Waals surface area contributed by atoms with Crippen molar-refractivity contribution < 1.29 is 14.7 Å². The monoisotopic (exact) mass is 300 g/mol. The summed E-state index contributed by atoms with van der Waals surface area (Å²) in [5, 5.41) is 12.6. The number of aliphatic hydroxyl groups is 1. The number of carbonyl (C=O) groups is 2. The third-order valence-electron chi connectivity index (χ3n) is 4.36. The van der Waals surface area contributed by atoms with E-state index in [2.05, 4.69) is 5.32 Å². The van der Waals surface area contributed by atoms with Crippen molar-refractivity contribution in [3.63, 3.8) is 0 Å². The van der Waals surface area contributed by atoms with E-state index in [4.69, 9.17) is 0 Å². The SMILES string of the molecule is O=C(CCN1CCSC1=O)NCC1(CO)CCCCC1. The Morgan fingerprint density at radius 1 is 1.35 bits per heavy atom. The first-order chi connectivity index (χ1) is 9.65. The first-order valence-corrected chi connectivity index (χ1v) is 8.43. The van der Waals surface area contributed by atoms with Crippen molar-refractivity contribution in [1.82, 2.24) is 10.2 Å². The minimum Gasteiger partial charge on any atom is -0.396 e. The molecule has 0 spiro atoms. The lowest BCUT2D eigenvalue weighted by Crippen LogP contribution is -2.42. The second-order valence-corrected chi connectivity index (χ2v) is 6.89. The number of hydrogen-bond donors (Lipinski definition) is 2. The topological polar surface area (TPSA) is 69.6 Å². The molecule has 0 aromatic carbocycles. The summed E-state index contributed by atoms with van der Waals surface area (Å²) in [7, 11) is 0. The van der Waals surface area contributed by atoms with E-state index >= 15 is 0 Å². The highest BCUT2D eigenvalue weighted by atomic mass is 32.2. The fourth-order valence-electron chi connectivity index (χ4n) is 2.93. The fraction of sp³-hybridized carbons (Fsp3) is 0.857. The summed E-state index contributed by atoms with van der Waals surface area (Å²) in [4.78, 5) is 25.0. The van der Waals surface area contributed by atoms with Gasteiger partial charge in [0.25, 0.3) is 5.24 Å². The van der Waals surface area contributed by atoms with Gasteiger partial charge in [-0.15, -0.1) is 0 Å². The number of carbonyl (C=O) groups excluding carboxylic acids is 2. The molecule has 20 heavy (non-hydrogen) atoms. The van der Waals surface area contributed by atoms with Gasteiger partial charge >= 0.3 is 0 Å². The van der Waals surface area contributed by atoms with E-state index < -0.39 is 0 Å². The van der Waals surface area contributed by atoms with E-state index in [1.54, 1.807) is 4.90 Å². The molecule has 1 aliphatic carbocycles. The van der Waals surface area contributed by atoms with Gasteiger partial charge in [0.15, 0.2) is 0 Å². The maximum Gasteiger partial charge on any atom is 0.281 e. The molecule has 0 radical (unpaired) electrons. The first-order valence-electron chi connectivity index (χ1n) is 7.44. The molecule has 2 rings (SSSR count). The Labute approximate surface area is 124 Å². The van der Waals surface area contributed by atoms with Gasteiger partial charge in [0, 0.05) is 37.2 Å². The maximum absolute atomic E-state index is 11.9. The van der Waals surface area contributed by atoms with Gasteiger partial charge in [0.1, 0.15) is 0 Å². The van der Waals surface area contributed by atoms with Crippen LogP contribution in [0.3, 0.4) is 0 Å². The van der Waals surface area contributed by atoms with Crippen molar-refractivity contribution in [2.45, 2.75) is 38.5 Å². The van der Waals surface area contributed by atoms with Gasteiger partial charge in [-0.3, -0.25) is 9.59 Å². The number of nitrogens with one attached hydrogen (secondary N) is 1. The van der Waals surface area contributed by atoms with Crippen LogP contribution in [0.1, 0.15) is 38.5 Å². The van der Waals surface area contributed by atoms with Gasteiger partial charge in [0.05, 0.1) is 6.61 Å². The van der Waals surface area contributed by atoms with E-state index in [0.29, 0.717) is 19.5 Å². The number of nitrogens with zero attached hydrogens (tertiary/aromatic N) is 1. The molecular weight excluding hydrogens is 276 g/mol. The summed E-state index contributed by atoms with van der Waals surface area (Å²) in [5.41, 5.74) is -0.118. The number of amides is 2. The van der Waals surface area contributed by atoms with Crippen LogP contribution < -0.4 is 5.32 Å². The van der Waals surface area contributed by atoms with Gasteiger partial charge in [-0.25, -0.2) is 0 Å². The van der Waals surface area contributed by atoms with Crippen LogP contribution in [0.4, 0.5) is 4.79 Å². The summed E-state index contributed by atoms with van der Waals surface area (Å²) in [6.45, 7) is 1.96. The molecule has 2 aliphatic rings. The molecule has 1 saturated heterocycles. The average molecular weight is 300 g/mol. The third-order valence-corrected chi connectivity index (χ3v) is 5.26. The van der Waals surface area contributed by atoms with Crippen LogP contribution >= 0.6 is 11.8 Å². The molecule has 1 heterocycles. The molecule has 6 heteroatoms. The Kier molecular flexibility index (Phi) is 5.72. The molecule has 114 valence electrons. The van der Waals surface area contributed by atoms with E-state index in [0.717, 1.165) is 38.0 Å². The Hall–Kier alpha value is -0.750. The highest BCUT2D eigenvalue weighted by molar-refractivity contribution is 8.13. The lowest BCUT2D eigenvalue weighted by Gasteiger charge is -2.35. The van der Waals surface area contributed by atoms with Crippen molar-refractivity contribution in [1.29, 1.82) is 0 Å². The molecule has 1 aliphatic heterocycles. The van der Waals surface area contributed by atoms with Crippen LogP contribution in [0.2, 0.25) is 0 Å². The van der Waals surface area contributed by atoms with Crippen LogP contribution in [-0.2, 0) is 4.79 Å². The smallest absolute Gasteiger partial charge is 0.281 e. The van der Waals surface area contributed by atoms with Crippen molar-refractivity contribution in [2.24, 2.45) is 5.41 Å². The van der Waals surface area contributed by atoms with E-state index in [1.165, 1.54) is 18.2 Å². The van der Waals surface area contributed by atoms with Crippen LogP contribution in [0.25, 0.3) is 0 Å². The average Bonchev–Trinajstić information content (AvgIpc) is 2.89. The molecule has 0 bridgehead atoms. The van der Waals surface area contributed by atoms with Crippen molar-refractivity contribution in [3.05, 3.63) is 0 Å². The van der Waals surface area contributed by atoms with Crippen LogP contribution in [0, 0.1) is 5.41 Å². The Morgan fingerprint density at radius 3 is 2.70 bits per heavy atom. The highest BCUT2D eigenvalue weighted by Gasteiger charge is 2.31. The van der Waals surface area contributed by atoms with Crippen molar-refractivity contribution >= 4 is 22.9 Å². The maximum atomic E-state index is 11.9. The Morgan fingerprint density at radius 2 is 2.10 bits per heavy atom. The molecule has 0 atom stereocenters. The number of rotatable bonds is 6. The molecule has 2 fully saturated rings. The molecule has 1 saturated carbocycles. The molecule has 2 amide bonds. The van der Waals surface area contributed by atoms with Crippen molar-refractivity contribution in [3.8, 4) is 0 Å². The lowest BCUT2D eigenvalue weighted by atomic mass is 9.74. The second-order valence-electron chi connectivity index (χ2n) is 5.85. The summed E-state index contributed by atoms with van der Waals surface area (Å²) >= 11 is 1.32.